The van der Waals surface area contributed by atoms with Crippen LogP contribution in [-0.2, 0) is 24.3 Å². The van der Waals surface area contributed by atoms with Gasteiger partial charge in [-0.25, -0.2) is 4.79 Å². The number of alkyl carbamates (subject to hydrolysis) is 1. The van der Waals surface area contributed by atoms with Crippen molar-refractivity contribution in [2.75, 3.05) is 13.1 Å². The van der Waals surface area contributed by atoms with Gasteiger partial charge in [0.05, 0.1) is 0 Å². The summed E-state index contributed by atoms with van der Waals surface area (Å²) in [6.45, 7) is 5.23. The van der Waals surface area contributed by atoms with E-state index in [1.807, 2.05) is 54.6 Å². The topological polar surface area (TPSA) is 41.6 Å². The van der Waals surface area contributed by atoms with Crippen molar-refractivity contribution in [2.24, 2.45) is 0 Å². The fourth-order valence-electron chi connectivity index (χ4n) is 3.58. The van der Waals surface area contributed by atoms with E-state index >= 15 is 0 Å². The molecule has 0 fully saturated rings. The number of rotatable bonds is 11. The van der Waals surface area contributed by atoms with Crippen LogP contribution in [0.15, 0.2) is 91.0 Å². The Balaban J connectivity index is 1.56. The molecular weight excluding hydrogens is 384 g/mol. The van der Waals surface area contributed by atoms with E-state index in [1.54, 1.807) is 0 Å². The van der Waals surface area contributed by atoms with Crippen LogP contribution in [-0.4, -0.2) is 30.1 Å². The molecule has 0 spiro atoms. The van der Waals surface area contributed by atoms with Gasteiger partial charge in [-0.15, -0.1) is 0 Å². The first-order valence-corrected chi connectivity index (χ1v) is 11.0. The highest BCUT2D eigenvalue weighted by atomic mass is 16.5. The van der Waals surface area contributed by atoms with Crippen molar-refractivity contribution in [2.45, 2.75) is 39.0 Å². The van der Waals surface area contributed by atoms with Gasteiger partial charge in [-0.3, -0.25) is 4.90 Å². The average molecular weight is 417 g/mol. The zero-order chi connectivity index (χ0) is 21.7. The van der Waals surface area contributed by atoms with E-state index in [2.05, 4.69) is 53.5 Å². The molecule has 31 heavy (non-hydrogen) atoms. The van der Waals surface area contributed by atoms with Crippen molar-refractivity contribution in [3.05, 3.63) is 108 Å². The van der Waals surface area contributed by atoms with Crippen LogP contribution in [0.5, 0.6) is 0 Å². The van der Waals surface area contributed by atoms with Crippen LogP contribution >= 0.6 is 0 Å². The number of carbonyl (C=O) groups is 1. The Bertz CT molecular complexity index is 885. The van der Waals surface area contributed by atoms with Gasteiger partial charge in [0.1, 0.15) is 6.61 Å². The lowest BCUT2D eigenvalue weighted by atomic mass is 10.0. The van der Waals surface area contributed by atoms with Gasteiger partial charge in [0, 0.05) is 19.1 Å². The van der Waals surface area contributed by atoms with Crippen molar-refractivity contribution >= 4 is 6.09 Å². The van der Waals surface area contributed by atoms with Crippen LogP contribution in [0.2, 0.25) is 0 Å². The predicted octanol–water partition coefficient (Wildman–Crippen LogP) is 5.44. The third-order valence-electron chi connectivity index (χ3n) is 5.35. The molecular formula is C27H32N2O2. The van der Waals surface area contributed by atoms with E-state index in [0.717, 1.165) is 38.0 Å². The summed E-state index contributed by atoms with van der Waals surface area (Å²) in [4.78, 5) is 14.9. The molecule has 3 aromatic rings. The van der Waals surface area contributed by atoms with Crippen LogP contribution in [0, 0.1) is 0 Å². The highest BCUT2D eigenvalue weighted by Gasteiger charge is 2.16. The van der Waals surface area contributed by atoms with Crippen molar-refractivity contribution in [1.82, 2.24) is 10.2 Å². The summed E-state index contributed by atoms with van der Waals surface area (Å²) in [5.41, 5.74) is 3.50. The van der Waals surface area contributed by atoms with E-state index in [4.69, 9.17) is 4.74 Å². The number of hydrogen-bond acceptors (Lipinski definition) is 3. The van der Waals surface area contributed by atoms with Crippen molar-refractivity contribution < 1.29 is 9.53 Å². The second-order valence-electron chi connectivity index (χ2n) is 7.74. The lowest BCUT2D eigenvalue weighted by Crippen LogP contribution is -2.39. The number of carbonyl (C=O) groups excluding carboxylic acids is 1. The summed E-state index contributed by atoms with van der Waals surface area (Å²) in [6, 6.07) is 30.6. The molecule has 0 radical (unpaired) electrons. The first-order chi connectivity index (χ1) is 15.2. The third kappa shape index (κ3) is 8.27. The Labute approximate surface area is 185 Å². The molecule has 1 unspecified atom stereocenters. The van der Waals surface area contributed by atoms with Crippen molar-refractivity contribution in [3.8, 4) is 0 Å². The molecule has 1 N–H and O–H groups in total. The molecule has 4 nitrogen and oxygen atoms in total. The molecule has 0 aliphatic heterocycles. The number of nitrogens with zero attached hydrogens (tertiary/aromatic N) is 1. The van der Waals surface area contributed by atoms with Gasteiger partial charge in [0.25, 0.3) is 0 Å². The predicted molar refractivity (Wildman–Crippen MR) is 126 cm³/mol. The quantitative estimate of drug-likeness (QED) is 0.453. The number of nitrogens with one attached hydrogen (secondary N) is 1. The molecule has 1 amide bonds. The molecule has 0 aliphatic carbocycles. The fourth-order valence-corrected chi connectivity index (χ4v) is 3.58. The van der Waals surface area contributed by atoms with Gasteiger partial charge < -0.3 is 10.1 Å². The summed E-state index contributed by atoms with van der Waals surface area (Å²) in [6.07, 6.45) is 1.27. The Morgan fingerprint density at radius 1 is 0.839 bits per heavy atom. The van der Waals surface area contributed by atoms with Gasteiger partial charge in [0.15, 0.2) is 0 Å². The van der Waals surface area contributed by atoms with Crippen LogP contribution < -0.4 is 5.32 Å². The Morgan fingerprint density at radius 3 is 1.97 bits per heavy atom. The van der Waals surface area contributed by atoms with Crippen LogP contribution in [0.25, 0.3) is 0 Å². The SMILES string of the molecule is CCN(CCC(Cc1ccccc1)NC(=O)OCc1ccccc1)Cc1ccccc1. The van der Waals surface area contributed by atoms with Crippen LogP contribution in [0.3, 0.4) is 0 Å². The van der Waals surface area contributed by atoms with Gasteiger partial charge in [-0.05, 0) is 36.1 Å². The first-order valence-electron chi connectivity index (χ1n) is 11.0. The van der Waals surface area contributed by atoms with E-state index in [1.165, 1.54) is 11.1 Å². The molecule has 0 heterocycles. The van der Waals surface area contributed by atoms with E-state index in [0.29, 0.717) is 0 Å². The maximum atomic E-state index is 12.5. The summed E-state index contributed by atoms with van der Waals surface area (Å²) >= 11 is 0. The summed E-state index contributed by atoms with van der Waals surface area (Å²) in [5.74, 6) is 0. The van der Waals surface area contributed by atoms with Crippen molar-refractivity contribution in [1.29, 1.82) is 0 Å². The molecule has 0 aromatic heterocycles. The molecule has 0 aliphatic rings. The van der Waals surface area contributed by atoms with Gasteiger partial charge >= 0.3 is 6.09 Å². The first kappa shape index (κ1) is 22.6. The zero-order valence-corrected chi connectivity index (χ0v) is 18.2. The molecule has 0 bridgehead atoms. The van der Waals surface area contributed by atoms with E-state index < -0.39 is 0 Å². The maximum Gasteiger partial charge on any atom is 0.407 e. The number of ether oxygens (including phenoxy) is 1. The highest BCUT2D eigenvalue weighted by Crippen LogP contribution is 2.10. The highest BCUT2D eigenvalue weighted by molar-refractivity contribution is 5.67. The monoisotopic (exact) mass is 416 g/mol. The summed E-state index contributed by atoms with van der Waals surface area (Å²) in [7, 11) is 0. The largest absolute Gasteiger partial charge is 0.445 e. The Kier molecular flexibility index (Phi) is 9.14. The summed E-state index contributed by atoms with van der Waals surface area (Å²) < 4.78 is 5.46. The minimum absolute atomic E-state index is 0.00972. The molecule has 4 heteroatoms. The van der Waals surface area contributed by atoms with E-state index in [-0.39, 0.29) is 18.7 Å². The minimum atomic E-state index is -0.365. The van der Waals surface area contributed by atoms with Gasteiger partial charge in [-0.1, -0.05) is 97.9 Å². The Hall–Kier alpha value is -3.11. The normalized spacial score (nSPS) is 11.8. The third-order valence-corrected chi connectivity index (χ3v) is 5.35. The standard InChI is InChI=1S/C27H32N2O2/c1-2-29(21-24-14-8-4-9-15-24)19-18-26(20-23-12-6-3-7-13-23)28-27(30)31-22-25-16-10-5-11-17-25/h3-17,26H,2,18-22H2,1H3,(H,28,30). The number of hydrogen-bond donors (Lipinski definition) is 1. The molecule has 162 valence electrons. The zero-order valence-electron chi connectivity index (χ0n) is 18.2. The molecule has 3 aromatic carbocycles. The summed E-state index contributed by atoms with van der Waals surface area (Å²) in [5, 5.41) is 3.09. The second-order valence-corrected chi connectivity index (χ2v) is 7.74. The average Bonchev–Trinajstić information content (AvgIpc) is 2.82. The number of benzene rings is 3. The lowest BCUT2D eigenvalue weighted by molar-refractivity contribution is 0.133. The lowest BCUT2D eigenvalue weighted by Gasteiger charge is -2.25. The molecule has 3 rings (SSSR count). The second kappa shape index (κ2) is 12.6. The Morgan fingerprint density at radius 2 is 1.39 bits per heavy atom. The smallest absolute Gasteiger partial charge is 0.407 e. The van der Waals surface area contributed by atoms with Gasteiger partial charge in [-0.2, -0.15) is 0 Å². The van der Waals surface area contributed by atoms with Gasteiger partial charge in [0.2, 0.25) is 0 Å². The molecule has 0 saturated carbocycles. The van der Waals surface area contributed by atoms with Crippen LogP contribution in [0.4, 0.5) is 4.79 Å². The number of amides is 1. The fraction of sp³-hybridized carbons (Fsp3) is 0.296. The maximum absolute atomic E-state index is 12.5. The minimum Gasteiger partial charge on any atom is -0.445 e. The molecule has 1 atom stereocenters. The molecule has 0 saturated heterocycles. The van der Waals surface area contributed by atoms with Crippen LogP contribution in [0.1, 0.15) is 30.0 Å². The van der Waals surface area contributed by atoms with E-state index in [9.17, 15) is 4.79 Å². The van der Waals surface area contributed by atoms with Crippen molar-refractivity contribution in [3.63, 3.8) is 0 Å².